The molecule has 2 aliphatic rings. The number of nitrogens with two attached hydrogens (primary N) is 1. The molecule has 0 spiro atoms. The number of hydrogen-bond donors (Lipinski definition) is 3. The molecule has 26 heavy (non-hydrogen) atoms. The lowest BCUT2D eigenvalue weighted by atomic mass is 9.98. The Morgan fingerprint density at radius 2 is 2.00 bits per heavy atom. The van der Waals surface area contributed by atoms with Gasteiger partial charge in [-0.1, -0.05) is 29.8 Å². The number of nitrogens with one attached hydrogen (secondary N) is 2. The summed E-state index contributed by atoms with van der Waals surface area (Å²) in [6, 6.07) is 7.01. The normalized spacial score (nSPS) is 24.9. The molecule has 1 aromatic rings. The summed E-state index contributed by atoms with van der Waals surface area (Å²) in [5, 5.41) is 5.62. The first kappa shape index (κ1) is 18.4. The maximum atomic E-state index is 12.8. The van der Waals surface area contributed by atoms with Gasteiger partial charge < -0.3 is 21.3 Å². The third-order valence-corrected chi connectivity index (χ3v) is 5.22. The Labute approximate surface area is 153 Å². The van der Waals surface area contributed by atoms with E-state index in [0.717, 1.165) is 24.0 Å². The van der Waals surface area contributed by atoms with Crippen LogP contribution in [0.2, 0.25) is 0 Å². The van der Waals surface area contributed by atoms with E-state index in [1.807, 2.05) is 31.2 Å². The van der Waals surface area contributed by atoms with Crippen LogP contribution in [0.3, 0.4) is 0 Å². The average Bonchev–Trinajstić information content (AvgIpc) is 3.07. The van der Waals surface area contributed by atoms with Crippen molar-refractivity contribution >= 4 is 17.7 Å². The van der Waals surface area contributed by atoms with Crippen LogP contribution in [0.5, 0.6) is 0 Å². The monoisotopic (exact) mass is 358 g/mol. The zero-order chi connectivity index (χ0) is 18.7. The van der Waals surface area contributed by atoms with Crippen molar-refractivity contribution in [3.63, 3.8) is 0 Å². The zero-order valence-corrected chi connectivity index (χ0v) is 15.0. The summed E-state index contributed by atoms with van der Waals surface area (Å²) in [6.45, 7) is 2.31. The van der Waals surface area contributed by atoms with Gasteiger partial charge in [0.25, 0.3) is 0 Å². The van der Waals surface area contributed by atoms with Gasteiger partial charge in [-0.25, -0.2) is 0 Å². The fraction of sp³-hybridized carbons (Fsp3) is 0.526. The van der Waals surface area contributed by atoms with Crippen LogP contribution in [0, 0.1) is 6.92 Å². The van der Waals surface area contributed by atoms with Gasteiger partial charge in [0, 0.05) is 12.6 Å². The van der Waals surface area contributed by atoms with Crippen molar-refractivity contribution in [2.45, 2.75) is 57.3 Å². The molecule has 7 heteroatoms. The molecule has 0 saturated carbocycles. The lowest BCUT2D eigenvalue weighted by Crippen LogP contribution is -2.59. The van der Waals surface area contributed by atoms with Crippen molar-refractivity contribution in [2.24, 2.45) is 5.73 Å². The maximum Gasteiger partial charge on any atom is 0.246 e. The van der Waals surface area contributed by atoms with Crippen LogP contribution in [-0.2, 0) is 20.9 Å². The molecule has 2 fully saturated rings. The van der Waals surface area contributed by atoms with Gasteiger partial charge in [0.2, 0.25) is 17.7 Å². The second kappa shape index (κ2) is 7.86. The van der Waals surface area contributed by atoms with E-state index < -0.39 is 12.1 Å². The molecule has 2 heterocycles. The summed E-state index contributed by atoms with van der Waals surface area (Å²) < 4.78 is 0. The van der Waals surface area contributed by atoms with Crippen molar-refractivity contribution < 1.29 is 14.4 Å². The van der Waals surface area contributed by atoms with Crippen molar-refractivity contribution in [1.29, 1.82) is 0 Å². The summed E-state index contributed by atoms with van der Waals surface area (Å²) in [5.74, 6) is -0.647. The molecule has 0 aliphatic carbocycles. The predicted molar refractivity (Wildman–Crippen MR) is 96.9 cm³/mol. The highest BCUT2D eigenvalue weighted by molar-refractivity contribution is 5.93. The van der Waals surface area contributed by atoms with Gasteiger partial charge in [0.15, 0.2) is 0 Å². The maximum absolute atomic E-state index is 12.8. The third-order valence-electron chi connectivity index (χ3n) is 5.22. The molecule has 7 nitrogen and oxygen atoms in total. The summed E-state index contributed by atoms with van der Waals surface area (Å²) in [7, 11) is 0. The van der Waals surface area contributed by atoms with Crippen molar-refractivity contribution in [2.75, 3.05) is 6.54 Å². The summed E-state index contributed by atoms with van der Waals surface area (Å²) in [6.07, 6.45) is 2.88. The zero-order valence-electron chi connectivity index (χ0n) is 15.0. The minimum Gasteiger partial charge on any atom is -0.350 e. The Balaban J connectivity index is 1.63. The van der Waals surface area contributed by atoms with Crippen LogP contribution in [0.1, 0.15) is 36.8 Å². The third kappa shape index (κ3) is 3.88. The summed E-state index contributed by atoms with van der Waals surface area (Å²) >= 11 is 0. The van der Waals surface area contributed by atoms with E-state index in [0.29, 0.717) is 19.4 Å². The summed E-state index contributed by atoms with van der Waals surface area (Å²) in [5.41, 5.74) is 7.50. The average molecular weight is 358 g/mol. The van der Waals surface area contributed by atoms with Crippen LogP contribution in [0.4, 0.5) is 0 Å². The number of fused-ring (bicyclic) bond motifs is 1. The van der Waals surface area contributed by atoms with Crippen molar-refractivity contribution in [1.82, 2.24) is 15.5 Å². The van der Waals surface area contributed by atoms with Gasteiger partial charge >= 0.3 is 0 Å². The fourth-order valence-electron chi connectivity index (χ4n) is 3.94. The van der Waals surface area contributed by atoms with E-state index in [-0.39, 0.29) is 30.3 Å². The molecule has 0 bridgehead atoms. The lowest BCUT2D eigenvalue weighted by Gasteiger charge is -2.37. The Kier molecular flexibility index (Phi) is 5.56. The van der Waals surface area contributed by atoms with Crippen LogP contribution >= 0.6 is 0 Å². The van der Waals surface area contributed by atoms with Gasteiger partial charge in [-0.05, 0) is 38.2 Å². The van der Waals surface area contributed by atoms with E-state index in [9.17, 15) is 14.4 Å². The molecule has 140 valence electrons. The number of piperidine rings is 1. The number of rotatable bonds is 5. The first-order valence-corrected chi connectivity index (χ1v) is 9.14. The van der Waals surface area contributed by atoms with Crippen molar-refractivity contribution in [3.8, 4) is 0 Å². The van der Waals surface area contributed by atoms with Gasteiger partial charge in [-0.2, -0.15) is 0 Å². The Morgan fingerprint density at radius 1 is 1.23 bits per heavy atom. The van der Waals surface area contributed by atoms with Gasteiger partial charge in [-0.3, -0.25) is 14.4 Å². The quantitative estimate of drug-likeness (QED) is 0.700. The second-order valence-electron chi connectivity index (χ2n) is 7.10. The van der Waals surface area contributed by atoms with E-state index in [1.165, 1.54) is 0 Å². The van der Waals surface area contributed by atoms with Crippen molar-refractivity contribution in [3.05, 3.63) is 35.4 Å². The molecule has 3 unspecified atom stereocenters. The molecule has 3 atom stereocenters. The Bertz CT molecular complexity index is 706. The van der Waals surface area contributed by atoms with Gasteiger partial charge in [0.1, 0.15) is 12.1 Å². The molecule has 1 aromatic carbocycles. The van der Waals surface area contributed by atoms with Crippen LogP contribution in [0.25, 0.3) is 0 Å². The Morgan fingerprint density at radius 3 is 2.73 bits per heavy atom. The minimum atomic E-state index is -0.576. The van der Waals surface area contributed by atoms with E-state index in [1.54, 1.807) is 4.90 Å². The largest absolute Gasteiger partial charge is 0.350 e. The minimum absolute atomic E-state index is 0.0863. The number of carbonyl (C=O) groups excluding carboxylic acids is 3. The van der Waals surface area contributed by atoms with Crippen LogP contribution in [0.15, 0.2) is 24.3 Å². The highest BCUT2D eigenvalue weighted by Crippen LogP contribution is 2.32. The summed E-state index contributed by atoms with van der Waals surface area (Å²) in [4.78, 5) is 38.7. The molecular formula is C19H26N4O3. The first-order chi connectivity index (χ1) is 12.5. The number of carbonyl (C=O) groups is 3. The predicted octanol–water partition coefficient (Wildman–Crippen LogP) is 0.208. The number of aryl methyl sites for hydroxylation is 1. The number of nitrogens with zero attached hydrogens (tertiary/aromatic N) is 1. The SMILES string of the molecule is Cc1cccc(CNC(=O)C2CCC3CCC(NC(=O)CN)C(=O)N32)c1. The molecule has 2 saturated heterocycles. The van der Waals surface area contributed by atoms with Crippen LogP contribution in [-0.4, -0.2) is 47.3 Å². The first-order valence-electron chi connectivity index (χ1n) is 9.14. The van der Waals surface area contributed by atoms with E-state index in [4.69, 9.17) is 5.73 Å². The smallest absolute Gasteiger partial charge is 0.246 e. The van der Waals surface area contributed by atoms with Gasteiger partial charge in [-0.15, -0.1) is 0 Å². The molecule has 3 rings (SSSR count). The molecule has 0 aromatic heterocycles. The molecule has 0 radical (unpaired) electrons. The topological polar surface area (TPSA) is 105 Å². The van der Waals surface area contributed by atoms with E-state index in [2.05, 4.69) is 10.6 Å². The number of hydrogen-bond acceptors (Lipinski definition) is 4. The Hall–Kier alpha value is -2.41. The lowest BCUT2D eigenvalue weighted by molar-refractivity contribution is -0.146. The highest BCUT2D eigenvalue weighted by Gasteiger charge is 2.46. The second-order valence-corrected chi connectivity index (χ2v) is 7.10. The molecule has 2 aliphatic heterocycles. The standard InChI is InChI=1S/C19H26N4O3/c1-12-3-2-4-13(9-12)11-21-18(25)16-8-6-14-5-7-15(19(26)23(14)16)22-17(24)10-20/h2-4,9,14-16H,5-8,10-11,20H2,1H3,(H,21,25)(H,22,24). The number of amides is 3. The highest BCUT2D eigenvalue weighted by atomic mass is 16.2. The molecule has 3 amide bonds. The fourth-order valence-corrected chi connectivity index (χ4v) is 3.94. The number of benzene rings is 1. The van der Waals surface area contributed by atoms with Crippen LogP contribution < -0.4 is 16.4 Å². The van der Waals surface area contributed by atoms with E-state index >= 15 is 0 Å². The molecule has 4 N–H and O–H groups in total. The molecular weight excluding hydrogens is 332 g/mol. The van der Waals surface area contributed by atoms with Gasteiger partial charge in [0.05, 0.1) is 6.54 Å².